The number of aromatic amines is 1. The molecule has 1 aromatic heterocycles. The van der Waals surface area contributed by atoms with Gasteiger partial charge in [0.15, 0.2) is 6.61 Å². The van der Waals surface area contributed by atoms with Crippen LogP contribution in [0.2, 0.25) is 0 Å². The van der Waals surface area contributed by atoms with Crippen LogP contribution < -0.4 is 10.0 Å². The van der Waals surface area contributed by atoms with Gasteiger partial charge >= 0.3 is 5.97 Å². The van der Waals surface area contributed by atoms with Crippen molar-refractivity contribution < 1.29 is 22.7 Å². The Kier molecular flexibility index (Phi) is 6.50. The Morgan fingerprint density at radius 1 is 1.09 bits per heavy atom. The first kappa shape index (κ1) is 22.2. The summed E-state index contributed by atoms with van der Waals surface area (Å²) in [5, 5.41) is 9.17. The van der Waals surface area contributed by atoms with Gasteiger partial charge in [0, 0.05) is 24.2 Å². The summed E-state index contributed by atoms with van der Waals surface area (Å²) < 4.78 is 32.6. The van der Waals surface area contributed by atoms with Crippen LogP contribution >= 0.6 is 0 Å². The van der Waals surface area contributed by atoms with Crippen molar-refractivity contribution in [2.75, 3.05) is 18.5 Å². The standard InChI is InChI=1S/C22H21N5O5S/c28-20(14-32-22(29)18-13-24-26-21(18)15-6-2-1-3-7-15)25-16-8-4-9-17(12-16)33(30,31)27-19-10-5-11-23-19/h1-4,6-9,12-13H,5,10-11,14H2,(H,23,27)(H,24,26)(H,25,28). The van der Waals surface area contributed by atoms with Crippen molar-refractivity contribution in [3.63, 3.8) is 0 Å². The summed E-state index contributed by atoms with van der Waals surface area (Å²) in [7, 11) is -3.82. The molecule has 2 aromatic carbocycles. The molecule has 1 aliphatic rings. The molecule has 4 rings (SSSR count). The van der Waals surface area contributed by atoms with Crippen LogP contribution in [-0.2, 0) is 19.6 Å². The molecule has 0 radical (unpaired) electrons. The van der Waals surface area contributed by atoms with Crippen LogP contribution in [0.25, 0.3) is 11.3 Å². The van der Waals surface area contributed by atoms with Crippen LogP contribution in [0, 0.1) is 0 Å². The number of nitrogens with zero attached hydrogens (tertiary/aromatic N) is 2. The second-order valence-corrected chi connectivity index (χ2v) is 8.90. The number of carbonyl (C=O) groups excluding carboxylic acids is 2. The first-order valence-corrected chi connectivity index (χ1v) is 11.6. The number of rotatable bonds is 7. The minimum absolute atomic E-state index is 0.0159. The summed E-state index contributed by atoms with van der Waals surface area (Å²) in [4.78, 5) is 28.8. The number of hydrogen-bond donors (Lipinski definition) is 3. The van der Waals surface area contributed by atoms with E-state index < -0.39 is 28.5 Å². The SMILES string of the molecule is O=C(COC(=O)c1cn[nH]c1-c1ccccc1)Nc1cccc(S(=O)(=O)NC2=NCCC2)c1. The number of benzene rings is 2. The molecule has 0 saturated heterocycles. The number of esters is 1. The third kappa shape index (κ3) is 5.44. The van der Waals surface area contributed by atoms with Crippen LogP contribution in [0.3, 0.4) is 0 Å². The van der Waals surface area contributed by atoms with E-state index in [9.17, 15) is 18.0 Å². The van der Waals surface area contributed by atoms with Gasteiger partial charge in [-0.3, -0.25) is 19.6 Å². The smallest absolute Gasteiger partial charge is 0.342 e. The molecule has 1 aliphatic heterocycles. The number of nitrogens with one attached hydrogen (secondary N) is 3. The van der Waals surface area contributed by atoms with E-state index in [2.05, 4.69) is 25.2 Å². The fraction of sp³-hybridized carbons (Fsp3) is 0.182. The number of amidine groups is 1. The van der Waals surface area contributed by atoms with Crippen molar-refractivity contribution in [3.05, 3.63) is 66.4 Å². The first-order valence-electron chi connectivity index (χ1n) is 10.1. The quantitative estimate of drug-likeness (QED) is 0.455. The van der Waals surface area contributed by atoms with E-state index in [1.54, 1.807) is 0 Å². The maximum Gasteiger partial charge on any atom is 0.342 e. The van der Waals surface area contributed by atoms with E-state index >= 15 is 0 Å². The number of carbonyl (C=O) groups is 2. The molecule has 170 valence electrons. The molecular weight excluding hydrogens is 446 g/mol. The molecule has 0 saturated carbocycles. The van der Waals surface area contributed by atoms with Gasteiger partial charge in [0.05, 0.1) is 16.8 Å². The lowest BCUT2D eigenvalue weighted by molar-refractivity contribution is -0.119. The largest absolute Gasteiger partial charge is 0.452 e. The van der Waals surface area contributed by atoms with Crippen molar-refractivity contribution >= 4 is 33.4 Å². The third-order valence-corrected chi connectivity index (χ3v) is 6.19. The molecule has 2 heterocycles. The van der Waals surface area contributed by atoms with Gasteiger partial charge in [-0.05, 0) is 24.6 Å². The molecule has 3 aromatic rings. The Bertz CT molecular complexity index is 1300. The lowest BCUT2D eigenvalue weighted by Crippen LogP contribution is -2.29. The maximum absolute atomic E-state index is 12.5. The molecule has 0 unspecified atom stereocenters. The molecule has 0 fully saturated rings. The number of amides is 1. The Morgan fingerprint density at radius 3 is 2.67 bits per heavy atom. The predicted molar refractivity (Wildman–Crippen MR) is 121 cm³/mol. The highest BCUT2D eigenvalue weighted by atomic mass is 32.2. The number of anilines is 1. The molecule has 33 heavy (non-hydrogen) atoms. The highest BCUT2D eigenvalue weighted by Gasteiger charge is 2.20. The topological polar surface area (TPSA) is 143 Å². The van der Waals surface area contributed by atoms with Gasteiger partial charge in [-0.2, -0.15) is 5.10 Å². The normalized spacial score (nSPS) is 13.3. The summed E-state index contributed by atoms with van der Waals surface area (Å²) in [5.74, 6) is -0.906. The van der Waals surface area contributed by atoms with Crippen molar-refractivity contribution in [1.82, 2.24) is 14.9 Å². The van der Waals surface area contributed by atoms with Gasteiger partial charge in [-0.1, -0.05) is 36.4 Å². The van der Waals surface area contributed by atoms with Crippen molar-refractivity contribution in [2.45, 2.75) is 17.7 Å². The highest BCUT2D eigenvalue weighted by Crippen LogP contribution is 2.21. The molecule has 3 N–H and O–H groups in total. The fourth-order valence-electron chi connectivity index (χ4n) is 3.25. The number of sulfonamides is 1. The summed E-state index contributed by atoms with van der Waals surface area (Å²) >= 11 is 0. The van der Waals surface area contributed by atoms with E-state index in [4.69, 9.17) is 4.74 Å². The molecule has 11 heteroatoms. The van der Waals surface area contributed by atoms with Crippen molar-refractivity contribution in [1.29, 1.82) is 0 Å². The van der Waals surface area contributed by atoms with E-state index in [1.807, 2.05) is 30.3 Å². The Morgan fingerprint density at radius 2 is 1.91 bits per heavy atom. The monoisotopic (exact) mass is 467 g/mol. The average molecular weight is 468 g/mol. The van der Waals surface area contributed by atoms with Crippen molar-refractivity contribution in [2.24, 2.45) is 4.99 Å². The lowest BCUT2D eigenvalue weighted by Gasteiger charge is -2.10. The van der Waals surface area contributed by atoms with Crippen LogP contribution in [0.5, 0.6) is 0 Å². The zero-order chi connectivity index (χ0) is 23.3. The first-order chi connectivity index (χ1) is 15.9. The van der Waals surface area contributed by atoms with Crippen LogP contribution in [-0.4, -0.2) is 49.5 Å². The Hall–Kier alpha value is -3.99. The minimum Gasteiger partial charge on any atom is -0.452 e. The molecular formula is C22H21N5O5S. The number of aromatic nitrogens is 2. The minimum atomic E-state index is -3.82. The van der Waals surface area contributed by atoms with E-state index in [0.717, 1.165) is 12.0 Å². The summed E-state index contributed by atoms with van der Waals surface area (Å²) in [5.41, 5.74) is 1.68. The maximum atomic E-state index is 12.5. The predicted octanol–water partition coefficient (Wildman–Crippen LogP) is 2.34. The number of ether oxygens (including phenoxy) is 1. The van der Waals surface area contributed by atoms with Gasteiger partial charge in [-0.25, -0.2) is 13.2 Å². The van der Waals surface area contributed by atoms with E-state index in [0.29, 0.717) is 24.5 Å². The number of aliphatic imine (C=N–C) groups is 1. The number of H-pyrrole nitrogens is 1. The zero-order valence-electron chi connectivity index (χ0n) is 17.4. The van der Waals surface area contributed by atoms with Gasteiger partial charge in [-0.15, -0.1) is 0 Å². The fourth-order valence-corrected chi connectivity index (χ4v) is 4.38. The molecule has 0 spiro atoms. The van der Waals surface area contributed by atoms with Gasteiger partial charge in [0.1, 0.15) is 11.4 Å². The molecule has 0 aliphatic carbocycles. The molecule has 0 bridgehead atoms. The van der Waals surface area contributed by atoms with Gasteiger partial charge < -0.3 is 10.1 Å². The average Bonchev–Trinajstić information content (AvgIpc) is 3.50. The second kappa shape index (κ2) is 9.65. The highest BCUT2D eigenvalue weighted by molar-refractivity contribution is 7.90. The van der Waals surface area contributed by atoms with E-state index in [1.165, 1.54) is 30.5 Å². The van der Waals surface area contributed by atoms with Crippen LogP contribution in [0.4, 0.5) is 5.69 Å². The summed E-state index contributed by atoms with van der Waals surface area (Å²) in [6.45, 7) is 0.0443. The molecule has 1 amide bonds. The van der Waals surface area contributed by atoms with Crippen LogP contribution in [0.1, 0.15) is 23.2 Å². The van der Waals surface area contributed by atoms with Crippen molar-refractivity contribution in [3.8, 4) is 11.3 Å². The number of hydrogen-bond acceptors (Lipinski definition) is 7. The van der Waals surface area contributed by atoms with Crippen LogP contribution in [0.15, 0.2) is 70.7 Å². The van der Waals surface area contributed by atoms with E-state index in [-0.39, 0.29) is 16.1 Å². The molecule has 0 atom stereocenters. The van der Waals surface area contributed by atoms with Gasteiger partial charge in [0.2, 0.25) is 0 Å². The Labute approximate surface area is 190 Å². The zero-order valence-corrected chi connectivity index (χ0v) is 18.3. The summed E-state index contributed by atoms with van der Waals surface area (Å²) in [6, 6.07) is 14.9. The third-order valence-electron chi connectivity index (χ3n) is 4.81. The Balaban J connectivity index is 1.37. The second-order valence-electron chi connectivity index (χ2n) is 7.21. The molecule has 10 nitrogen and oxygen atoms in total. The summed E-state index contributed by atoms with van der Waals surface area (Å²) in [6.07, 6.45) is 2.71. The van der Waals surface area contributed by atoms with Gasteiger partial charge in [0.25, 0.3) is 15.9 Å². The lowest BCUT2D eigenvalue weighted by atomic mass is 10.1.